The van der Waals surface area contributed by atoms with Crippen LogP contribution in [0.1, 0.15) is 38.2 Å². The molecule has 0 aromatic heterocycles. The van der Waals surface area contributed by atoms with E-state index in [0.717, 1.165) is 11.3 Å². The lowest BCUT2D eigenvalue weighted by Gasteiger charge is -2.20. The van der Waals surface area contributed by atoms with E-state index in [9.17, 15) is 9.59 Å². The Morgan fingerprint density at radius 2 is 2.00 bits per heavy atom. The minimum absolute atomic E-state index is 0.0656. The number of anilines is 1. The molecular formula is C15H19N3O2. The fraction of sp³-hybridized carbons (Fsp3) is 0.400. The second kappa shape index (κ2) is 5.86. The minimum atomic E-state index is -0.238. The molecule has 0 fully saturated rings. The van der Waals surface area contributed by atoms with Gasteiger partial charge in [0, 0.05) is 25.6 Å². The first-order chi connectivity index (χ1) is 9.49. The van der Waals surface area contributed by atoms with Crippen LogP contribution in [0.25, 0.3) is 0 Å². The largest absolute Gasteiger partial charge is 0.321 e. The molecule has 0 radical (unpaired) electrons. The lowest BCUT2D eigenvalue weighted by Crippen LogP contribution is -2.34. The molecule has 1 aliphatic rings. The summed E-state index contributed by atoms with van der Waals surface area (Å²) in [6.07, 6.45) is 0.716. The Kier molecular flexibility index (Phi) is 4.17. The smallest absolute Gasteiger partial charge is 0.271 e. The van der Waals surface area contributed by atoms with Gasteiger partial charge in [0.25, 0.3) is 5.91 Å². The van der Waals surface area contributed by atoms with E-state index in [-0.39, 0.29) is 11.8 Å². The second-order valence-corrected chi connectivity index (χ2v) is 5.16. The Labute approximate surface area is 118 Å². The van der Waals surface area contributed by atoms with Crippen molar-refractivity contribution in [2.75, 3.05) is 12.4 Å². The average Bonchev–Trinajstić information content (AvgIpc) is 2.42. The average molecular weight is 273 g/mol. The number of amides is 2. The van der Waals surface area contributed by atoms with Crippen molar-refractivity contribution in [3.63, 3.8) is 0 Å². The first-order valence-electron chi connectivity index (χ1n) is 6.73. The molecule has 5 nitrogen and oxygen atoms in total. The van der Waals surface area contributed by atoms with Gasteiger partial charge in [-0.05, 0) is 17.5 Å². The van der Waals surface area contributed by atoms with Crippen molar-refractivity contribution < 1.29 is 9.59 Å². The van der Waals surface area contributed by atoms with Crippen LogP contribution in [0.5, 0.6) is 0 Å². The first kappa shape index (κ1) is 14.2. The standard InChI is InChI=1S/C15H19N3O2/c1-10(2)11-6-4-5-7-12(11)16-15(20)13-8-9-14(19)18(3)17-13/h4-7,10H,8-9H2,1-3H3,(H,16,20). The normalized spacial score (nSPS) is 15.3. The summed E-state index contributed by atoms with van der Waals surface area (Å²) in [5.41, 5.74) is 2.28. The van der Waals surface area contributed by atoms with Crippen molar-refractivity contribution in [1.82, 2.24) is 5.01 Å². The van der Waals surface area contributed by atoms with Crippen LogP contribution in [0.15, 0.2) is 29.4 Å². The quantitative estimate of drug-likeness (QED) is 0.919. The first-order valence-corrected chi connectivity index (χ1v) is 6.73. The van der Waals surface area contributed by atoms with Gasteiger partial charge in [-0.15, -0.1) is 0 Å². The van der Waals surface area contributed by atoms with Gasteiger partial charge in [-0.1, -0.05) is 32.0 Å². The molecule has 0 spiro atoms. The van der Waals surface area contributed by atoms with Gasteiger partial charge in [0.15, 0.2) is 0 Å². The Hall–Kier alpha value is -2.17. The third kappa shape index (κ3) is 3.04. The molecule has 1 heterocycles. The zero-order valence-electron chi connectivity index (χ0n) is 12.0. The number of carbonyl (C=O) groups is 2. The maximum absolute atomic E-state index is 12.2. The van der Waals surface area contributed by atoms with Crippen molar-refractivity contribution in [3.8, 4) is 0 Å². The maximum Gasteiger partial charge on any atom is 0.271 e. The highest BCUT2D eigenvalue weighted by molar-refractivity contribution is 6.43. The van der Waals surface area contributed by atoms with Gasteiger partial charge < -0.3 is 5.32 Å². The zero-order valence-corrected chi connectivity index (χ0v) is 12.0. The predicted octanol–water partition coefficient (Wildman–Crippen LogP) is 2.36. The van der Waals surface area contributed by atoms with E-state index in [1.165, 1.54) is 5.01 Å². The number of nitrogens with zero attached hydrogens (tertiary/aromatic N) is 2. The van der Waals surface area contributed by atoms with Gasteiger partial charge in [0.1, 0.15) is 5.71 Å². The number of nitrogens with one attached hydrogen (secondary N) is 1. The van der Waals surface area contributed by atoms with E-state index < -0.39 is 0 Å². The number of hydrogen-bond acceptors (Lipinski definition) is 3. The molecule has 1 aromatic rings. The number of carbonyl (C=O) groups excluding carboxylic acids is 2. The molecule has 0 saturated carbocycles. The molecule has 2 amide bonds. The lowest BCUT2D eigenvalue weighted by molar-refractivity contribution is -0.130. The van der Waals surface area contributed by atoms with Gasteiger partial charge in [-0.25, -0.2) is 5.01 Å². The predicted molar refractivity (Wildman–Crippen MR) is 78.6 cm³/mol. The van der Waals surface area contributed by atoms with Gasteiger partial charge >= 0.3 is 0 Å². The van der Waals surface area contributed by atoms with E-state index in [1.54, 1.807) is 7.05 Å². The van der Waals surface area contributed by atoms with Crippen LogP contribution in [0.4, 0.5) is 5.69 Å². The summed E-state index contributed by atoms with van der Waals surface area (Å²) in [6, 6.07) is 7.72. The summed E-state index contributed by atoms with van der Waals surface area (Å²) < 4.78 is 0. The van der Waals surface area contributed by atoms with Crippen LogP contribution >= 0.6 is 0 Å². The Morgan fingerprint density at radius 3 is 2.65 bits per heavy atom. The molecule has 2 rings (SSSR count). The van der Waals surface area contributed by atoms with Crippen molar-refractivity contribution in [1.29, 1.82) is 0 Å². The summed E-state index contributed by atoms with van der Waals surface area (Å²) in [5.74, 6) is 0.0191. The van der Waals surface area contributed by atoms with Crippen LogP contribution < -0.4 is 5.32 Å². The summed E-state index contributed by atoms with van der Waals surface area (Å²) in [5, 5.41) is 8.14. The molecule has 0 unspecified atom stereocenters. The topological polar surface area (TPSA) is 61.8 Å². The molecule has 5 heteroatoms. The minimum Gasteiger partial charge on any atom is -0.321 e. The number of hydrazone groups is 1. The SMILES string of the molecule is CC(C)c1ccccc1NC(=O)C1=NN(C)C(=O)CC1. The highest BCUT2D eigenvalue weighted by atomic mass is 16.2. The lowest BCUT2D eigenvalue weighted by atomic mass is 10.0. The van der Waals surface area contributed by atoms with Gasteiger partial charge in [-0.3, -0.25) is 9.59 Å². The summed E-state index contributed by atoms with van der Waals surface area (Å²) >= 11 is 0. The molecule has 1 aromatic carbocycles. The van der Waals surface area contributed by atoms with Crippen molar-refractivity contribution in [2.24, 2.45) is 5.10 Å². The van der Waals surface area contributed by atoms with E-state index in [1.807, 2.05) is 24.3 Å². The number of hydrogen-bond donors (Lipinski definition) is 1. The van der Waals surface area contributed by atoms with Crippen LogP contribution in [0, 0.1) is 0 Å². The van der Waals surface area contributed by atoms with Crippen LogP contribution in [0.2, 0.25) is 0 Å². The molecule has 0 atom stereocenters. The molecule has 20 heavy (non-hydrogen) atoms. The molecule has 1 aliphatic heterocycles. The Morgan fingerprint density at radius 1 is 1.30 bits per heavy atom. The van der Waals surface area contributed by atoms with E-state index in [0.29, 0.717) is 24.5 Å². The van der Waals surface area contributed by atoms with Crippen molar-refractivity contribution in [2.45, 2.75) is 32.6 Å². The molecule has 0 aliphatic carbocycles. The Bertz CT molecular complexity index is 564. The van der Waals surface area contributed by atoms with Crippen molar-refractivity contribution >= 4 is 23.2 Å². The summed E-state index contributed by atoms with van der Waals surface area (Å²) in [4.78, 5) is 23.6. The highest BCUT2D eigenvalue weighted by Crippen LogP contribution is 2.24. The van der Waals surface area contributed by atoms with Crippen LogP contribution in [-0.2, 0) is 9.59 Å². The summed E-state index contributed by atoms with van der Waals surface area (Å²) in [6.45, 7) is 4.16. The Balaban J connectivity index is 2.17. The van der Waals surface area contributed by atoms with E-state index in [2.05, 4.69) is 24.3 Å². The van der Waals surface area contributed by atoms with Crippen LogP contribution in [-0.4, -0.2) is 29.6 Å². The monoisotopic (exact) mass is 273 g/mol. The molecule has 0 saturated heterocycles. The number of para-hydroxylation sites is 1. The second-order valence-electron chi connectivity index (χ2n) is 5.16. The van der Waals surface area contributed by atoms with Crippen molar-refractivity contribution in [3.05, 3.63) is 29.8 Å². The highest BCUT2D eigenvalue weighted by Gasteiger charge is 2.22. The summed E-state index contributed by atoms with van der Waals surface area (Å²) in [7, 11) is 1.57. The van der Waals surface area contributed by atoms with Gasteiger partial charge in [0.2, 0.25) is 5.91 Å². The molecule has 106 valence electrons. The fourth-order valence-electron chi connectivity index (χ4n) is 2.14. The molecule has 0 bridgehead atoms. The third-order valence-corrected chi connectivity index (χ3v) is 3.30. The number of rotatable bonds is 3. The third-order valence-electron chi connectivity index (χ3n) is 3.30. The number of benzene rings is 1. The van der Waals surface area contributed by atoms with E-state index in [4.69, 9.17) is 0 Å². The molecular weight excluding hydrogens is 254 g/mol. The molecule has 1 N–H and O–H groups in total. The zero-order chi connectivity index (χ0) is 14.7. The van der Waals surface area contributed by atoms with E-state index >= 15 is 0 Å². The van der Waals surface area contributed by atoms with Gasteiger partial charge in [-0.2, -0.15) is 5.10 Å². The van der Waals surface area contributed by atoms with Crippen LogP contribution in [0.3, 0.4) is 0 Å². The van der Waals surface area contributed by atoms with Gasteiger partial charge in [0.05, 0.1) is 0 Å². The maximum atomic E-state index is 12.2. The fourth-order valence-corrected chi connectivity index (χ4v) is 2.14.